The third-order valence-corrected chi connectivity index (χ3v) is 2.56. The predicted molar refractivity (Wildman–Crippen MR) is 60.1 cm³/mol. The van der Waals surface area contributed by atoms with Crippen molar-refractivity contribution in [3.8, 4) is 0 Å². The Kier molecular flexibility index (Phi) is 4.12. The Morgan fingerprint density at radius 3 is 2.47 bits per heavy atom. The highest BCUT2D eigenvalue weighted by Crippen LogP contribution is 2.18. The minimum absolute atomic E-state index is 0. The van der Waals surface area contributed by atoms with Gasteiger partial charge < -0.3 is 5.11 Å². The number of nitrogens with zero attached hydrogens (tertiary/aromatic N) is 1. The van der Waals surface area contributed by atoms with Crippen LogP contribution in [0, 0.1) is 5.92 Å². The fourth-order valence-corrected chi connectivity index (χ4v) is 1.70. The van der Waals surface area contributed by atoms with Gasteiger partial charge in [-0.3, -0.25) is 9.69 Å². The van der Waals surface area contributed by atoms with Gasteiger partial charge in [-0.1, -0.05) is 30.3 Å². The molecule has 1 heterocycles. The van der Waals surface area contributed by atoms with Crippen molar-refractivity contribution in [1.29, 1.82) is 0 Å². The molecule has 1 aliphatic rings. The Labute approximate surface area is 95.1 Å². The standard InChI is InChI=1S/C11H13NO2.ClH/c13-11(14)10-7-12(8-10)6-9-4-2-1-3-5-9;/h1-5,10H,6-8H2,(H,13,14);1H. The molecule has 82 valence electrons. The van der Waals surface area contributed by atoms with Crippen molar-refractivity contribution in [2.45, 2.75) is 6.54 Å². The van der Waals surface area contributed by atoms with Crippen LogP contribution in [0.4, 0.5) is 0 Å². The van der Waals surface area contributed by atoms with Crippen molar-refractivity contribution < 1.29 is 9.90 Å². The number of rotatable bonds is 3. The first-order chi connectivity index (χ1) is 6.75. The molecule has 3 nitrogen and oxygen atoms in total. The van der Waals surface area contributed by atoms with E-state index in [0.29, 0.717) is 13.1 Å². The highest BCUT2D eigenvalue weighted by atomic mass is 35.5. The number of hydrogen-bond donors (Lipinski definition) is 1. The molecular formula is C11H14ClNO2. The molecule has 0 saturated carbocycles. The molecule has 15 heavy (non-hydrogen) atoms. The van der Waals surface area contributed by atoms with E-state index < -0.39 is 5.97 Å². The first-order valence-electron chi connectivity index (χ1n) is 4.75. The largest absolute Gasteiger partial charge is 0.481 e. The molecule has 1 saturated heterocycles. The van der Waals surface area contributed by atoms with E-state index in [0.717, 1.165) is 6.54 Å². The maximum absolute atomic E-state index is 10.6. The SMILES string of the molecule is Cl.O=C(O)C1CN(Cc2ccccc2)C1. The third kappa shape index (κ3) is 2.94. The van der Waals surface area contributed by atoms with Crippen LogP contribution in [-0.2, 0) is 11.3 Å². The number of halogens is 1. The summed E-state index contributed by atoms with van der Waals surface area (Å²) in [6, 6.07) is 10.1. The van der Waals surface area contributed by atoms with Crippen molar-refractivity contribution >= 4 is 18.4 Å². The Morgan fingerprint density at radius 2 is 1.93 bits per heavy atom. The lowest BCUT2D eigenvalue weighted by Gasteiger charge is -2.36. The van der Waals surface area contributed by atoms with E-state index in [4.69, 9.17) is 5.11 Å². The zero-order valence-electron chi connectivity index (χ0n) is 8.30. The summed E-state index contributed by atoms with van der Waals surface area (Å²) in [7, 11) is 0. The van der Waals surface area contributed by atoms with Gasteiger partial charge in [-0.25, -0.2) is 0 Å². The first-order valence-corrected chi connectivity index (χ1v) is 4.75. The topological polar surface area (TPSA) is 40.5 Å². The van der Waals surface area contributed by atoms with E-state index in [1.807, 2.05) is 18.2 Å². The highest BCUT2D eigenvalue weighted by molar-refractivity contribution is 5.85. The van der Waals surface area contributed by atoms with Gasteiger partial charge in [-0.15, -0.1) is 12.4 Å². The number of hydrogen-bond acceptors (Lipinski definition) is 2. The molecule has 1 aromatic rings. The van der Waals surface area contributed by atoms with Gasteiger partial charge in [0.25, 0.3) is 0 Å². The molecule has 1 fully saturated rings. The molecule has 0 spiro atoms. The van der Waals surface area contributed by atoms with Crippen LogP contribution in [0.2, 0.25) is 0 Å². The minimum atomic E-state index is -0.672. The number of benzene rings is 1. The molecule has 1 N–H and O–H groups in total. The number of aliphatic carboxylic acids is 1. The normalized spacial score (nSPS) is 16.5. The van der Waals surface area contributed by atoms with Crippen molar-refractivity contribution in [2.75, 3.05) is 13.1 Å². The van der Waals surface area contributed by atoms with Crippen LogP contribution < -0.4 is 0 Å². The zero-order valence-corrected chi connectivity index (χ0v) is 9.11. The van der Waals surface area contributed by atoms with Gasteiger partial charge >= 0.3 is 5.97 Å². The summed E-state index contributed by atoms with van der Waals surface area (Å²) in [5.74, 6) is -0.826. The Morgan fingerprint density at radius 1 is 1.33 bits per heavy atom. The van der Waals surface area contributed by atoms with Crippen molar-refractivity contribution in [3.05, 3.63) is 35.9 Å². The summed E-state index contributed by atoms with van der Waals surface area (Å²) in [5, 5.41) is 8.69. The molecule has 0 aliphatic carbocycles. The quantitative estimate of drug-likeness (QED) is 0.853. The van der Waals surface area contributed by atoms with Gasteiger partial charge in [-0.2, -0.15) is 0 Å². The molecule has 0 bridgehead atoms. The second-order valence-corrected chi connectivity index (χ2v) is 3.71. The minimum Gasteiger partial charge on any atom is -0.481 e. The van der Waals surface area contributed by atoms with E-state index in [9.17, 15) is 4.79 Å². The smallest absolute Gasteiger partial charge is 0.309 e. The van der Waals surface area contributed by atoms with Crippen LogP contribution in [0.5, 0.6) is 0 Å². The van der Waals surface area contributed by atoms with Gasteiger partial charge in [0.2, 0.25) is 0 Å². The molecule has 0 amide bonds. The Bertz CT molecular complexity index is 323. The number of carboxylic acid groups (broad SMARTS) is 1. The molecule has 0 atom stereocenters. The van der Waals surface area contributed by atoms with Crippen LogP contribution in [0.1, 0.15) is 5.56 Å². The van der Waals surface area contributed by atoms with Crippen LogP contribution in [-0.4, -0.2) is 29.1 Å². The van der Waals surface area contributed by atoms with Gasteiger partial charge in [0.05, 0.1) is 5.92 Å². The molecule has 4 heteroatoms. The highest BCUT2D eigenvalue weighted by Gasteiger charge is 2.31. The third-order valence-electron chi connectivity index (χ3n) is 2.56. The molecular weight excluding hydrogens is 214 g/mol. The summed E-state index contributed by atoms with van der Waals surface area (Å²) in [6.45, 7) is 2.24. The summed E-state index contributed by atoms with van der Waals surface area (Å²) in [4.78, 5) is 12.7. The van der Waals surface area contributed by atoms with Crippen molar-refractivity contribution in [3.63, 3.8) is 0 Å². The first kappa shape index (κ1) is 12.0. The van der Waals surface area contributed by atoms with Gasteiger partial charge in [0, 0.05) is 19.6 Å². The monoisotopic (exact) mass is 227 g/mol. The number of likely N-dealkylation sites (tertiary alicyclic amines) is 1. The average Bonchev–Trinajstić information content (AvgIpc) is 2.12. The Hall–Kier alpha value is -1.06. The molecule has 0 unspecified atom stereocenters. The van der Waals surface area contributed by atoms with E-state index in [-0.39, 0.29) is 18.3 Å². The lowest BCUT2D eigenvalue weighted by molar-refractivity contribution is -0.147. The van der Waals surface area contributed by atoms with Crippen LogP contribution in [0.25, 0.3) is 0 Å². The van der Waals surface area contributed by atoms with E-state index in [1.165, 1.54) is 5.56 Å². The summed E-state index contributed by atoms with van der Waals surface area (Å²) < 4.78 is 0. The molecule has 1 aromatic carbocycles. The lowest BCUT2D eigenvalue weighted by atomic mass is 10.00. The number of carbonyl (C=O) groups is 1. The van der Waals surface area contributed by atoms with Gasteiger partial charge in [0.15, 0.2) is 0 Å². The molecule has 1 aliphatic heterocycles. The predicted octanol–water partition coefficient (Wildman–Crippen LogP) is 1.62. The second kappa shape index (κ2) is 5.14. The summed E-state index contributed by atoms with van der Waals surface area (Å²) in [6.07, 6.45) is 0. The van der Waals surface area contributed by atoms with Crippen LogP contribution in [0.15, 0.2) is 30.3 Å². The fraction of sp³-hybridized carbons (Fsp3) is 0.364. The average molecular weight is 228 g/mol. The van der Waals surface area contributed by atoms with E-state index >= 15 is 0 Å². The van der Waals surface area contributed by atoms with Crippen molar-refractivity contribution in [2.24, 2.45) is 5.92 Å². The van der Waals surface area contributed by atoms with Crippen LogP contribution in [0.3, 0.4) is 0 Å². The second-order valence-electron chi connectivity index (χ2n) is 3.71. The fourth-order valence-electron chi connectivity index (χ4n) is 1.70. The van der Waals surface area contributed by atoms with Crippen molar-refractivity contribution in [1.82, 2.24) is 4.90 Å². The van der Waals surface area contributed by atoms with E-state index in [2.05, 4.69) is 17.0 Å². The zero-order chi connectivity index (χ0) is 9.97. The maximum Gasteiger partial charge on any atom is 0.309 e. The van der Waals surface area contributed by atoms with Gasteiger partial charge in [0.1, 0.15) is 0 Å². The summed E-state index contributed by atoms with van der Waals surface area (Å²) in [5.41, 5.74) is 1.25. The molecule has 0 radical (unpaired) electrons. The van der Waals surface area contributed by atoms with Crippen LogP contribution >= 0.6 is 12.4 Å². The summed E-state index contributed by atoms with van der Waals surface area (Å²) >= 11 is 0. The maximum atomic E-state index is 10.6. The molecule has 2 rings (SSSR count). The van der Waals surface area contributed by atoms with E-state index in [1.54, 1.807) is 0 Å². The Balaban J connectivity index is 0.00000112. The molecule has 0 aromatic heterocycles. The number of carboxylic acids is 1. The lowest BCUT2D eigenvalue weighted by Crippen LogP contribution is -2.49. The van der Waals surface area contributed by atoms with Gasteiger partial charge in [-0.05, 0) is 5.56 Å².